The quantitative estimate of drug-likeness (QED) is 0.214. The fraction of sp³-hybridized carbons (Fsp3) is 0.483. The van der Waals surface area contributed by atoms with Gasteiger partial charge in [-0.1, -0.05) is 106 Å². The standard InChI is InChI=1S/C29H40O2Si/c1-5-6-22-29(28(30)26-18-12-8-13-19-26,24(2)23-25-16-10-7-11-17-25)31-32(3,4)27-20-14-9-15-21-27/h8-9,12-15,18-21,23,25H,5-7,10-11,16-17,22H2,1-4H3/b24-23+/t29-/m0/s1. The van der Waals surface area contributed by atoms with E-state index < -0.39 is 13.9 Å². The smallest absolute Gasteiger partial charge is 0.220 e. The van der Waals surface area contributed by atoms with E-state index in [4.69, 9.17) is 4.43 Å². The Bertz CT molecular complexity index is 882. The van der Waals surface area contributed by atoms with Crippen LogP contribution >= 0.6 is 0 Å². The van der Waals surface area contributed by atoms with Crippen LogP contribution in [-0.4, -0.2) is 19.7 Å². The van der Waals surface area contributed by atoms with Gasteiger partial charge in [-0.05, 0) is 56.0 Å². The van der Waals surface area contributed by atoms with Crippen LogP contribution in [0.15, 0.2) is 72.3 Å². The number of unbranched alkanes of at least 4 members (excludes halogenated alkanes) is 1. The van der Waals surface area contributed by atoms with Crippen LogP contribution in [0.4, 0.5) is 0 Å². The molecule has 32 heavy (non-hydrogen) atoms. The molecule has 0 N–H and O–H groups in total. The Balaban J connectivity index is 2.09. The summed E-state index contributed by atoms with van der Waals surface area (Å²) in [6.07, 6.45) is 11.5. The van der Waals surface area contributed by atoms with Crippen molar-refractivity contribution in [2.45, 2.75) is 83.9 Å². The molecule has 0 amide bonds. The lowest BCUT2D eigenvalue weighted by atomic mass is 9.79. The lowest BCUT2D eigenvalue weighted by molar-refractivity contribution is 0.0518. The zero-order chi connectivity index (χ0) is 23.0. The number of carbonyl (C=O) groups is 1. The van der Waals surface area contributed by atoms with Gasteiger partial charge in [0.15, 0.2) is 5.78 Å². The van der Waals surface area contributed by atoms with E-state index in [9.17, 15) is 4.79 Å². The first-order chi connectivity index (χ1) is 15.4. The Labute approximate surface area is 196 Å². The molecular formula is C29H40O2Si. The number of allylic oxidation sites excluding steroid dienone is 1. The molecule has 172 valence electrons. The van der Waals surface area contributed by atoms with E-state index in [0.717, 1.165) is 30.4 Å². The molecule has 2 aromatic rings. The fourth-order valence-electron chi connectivity index (χ4n) is 5.04. The number of rotatable bonds is 10. The van der Waals surface area contributed by atoms with E-state index in [1.54, 1.807) is 0 Å². The third-order valence-corrected chi connectivity index (χ3v) is 9.54. The summed E-state index contributed by atoms with van der Waals surface area (Å²) in [5, 5.41) is 1.23. The van der Waals surface area contributed by atoms with E-state index in [0.29, 0.717) is 5.92 Å². The minimum atomic E-state index is -2.35. The van der Waals surface area contributed by atoms with Crippen LogP contribution in [0.5, 0.6) is 0 Å². The number of hydrogen-bond acceptors (Lipinski definition) is 2. The number of benzene rings is 2. The van der Waals surface area contributed by atoms with E-state index in [-0.39, 0.29) is 5.78 Å². The highest BCUT2D eigenvalue weighted by atomic mass is 28.4. The summed E-state index contributed by atoms with van der Waals surface area (Å²) < 4.78 is 7.15. The largest absolute Gasteiger partial charge is 0.397 e. The Morgan fingerprint density at radius 1 is 1.00 bits per heavy atom. The predicted molar refractivity (Wildman–Crippen MR) is 138 cm³/mol. The average molecular weight is 449 g/mol. The van der Waals surface area contributed by atoms with Crippen molar-refractivity contribution in [2.24, 2.45) is 5.92 Å². The molecule has 1 saturated carbocycles. The zero-order valence-corrected chi connectivity index (χ0v) is 21.4. The first-order valence-corrected chi connectivity index (χ1v) is 15.3. The Kier molecular flexibility index (Phi) is 8.67. The van der Waals surface area contributed by atoms with Crippen LogP contribution in [0, 0.1) is 5.92 Å². The van der Waals surface area contributed by atoms with Crippen molar-refractivity contribution in [1.82, 2.24) is 0 Å². The third-order valence-electron chi connectivity index (χ3n) is 6.96. The van der Waals surface area contributed by atoms with Gasteiger partial charge in [0.25, 0.3) is 0 Å². The molecule has 0 heterocycles. The second-order valence-electron chi connectivity index (χ2n) is 9.85. The van der Waals surface area contributed by atoms with E-state index in [1.807, 2.05) is 36.4 Å². The van der Waals surface area contributed by atoms with Crippen molar-refractivity contribution in [2.75, 3.05) is 0 Å². The van der Waals surface area contributed by atoms with E-state index in [2.05, 4.69) is 57.3 Å². The molecule has 0 radical (unpaired) electrons. The molecule has 0 bridgehead atoms. The van der Waals surface area contributed by atoms with Crippen molar-refractivity contribution in [1.29, 1.82) is 0 Å². The second kappa shape index (κ2) is 11.2. The molecular weight excluding hydrogens is 408 g/mol. The van der Waals surface area contributed by atoms with Crippen molar-refractivity contribution < 1.29 is 9.22 Å². The topological polar surface area (TPSA) is 26.3 Å². The number of carbonyl (C=O) groups excluding carboxylic acids is 1. The molecule has 1 fully saturated rings. The summed E-state index contributed by atoms with van der Waals surface area (Å²) in [6.45, 7) is 8.81. The van der Waals surface area contributed by atoms with Gasteiger partial charge in [-0.25, -0.2) is 0 Å². The van der Waals surface area contributed by atoms with Gasteiger partial charge in [-0.3, -0.25) is 4.79 Å². The fourth-order valence-corrected chi connectivity index (χ4v) is 7.38. The summed E-state index contributed by atoms with van der Waals surface area (Å²) in [5.74, 6) is 0.672. The molecule has 0 aliphatic heterocycles. The monoisotopic (exact) mass is 448 g/mol. The van der Waals surface area contributed by atoms with Crippen LogP contribution in [0.1, 0.15) is 75.6 Å². The summed E-state index contributed by atoms with van der Waals surface area (Å²) in [7, 11) is -2.35. The van der Waals surface area contributed by atoms with Gasteiger partial charge >= 0.3 is 0 Å². The summed E-state index contributed by atoms with van der Waals surface area (Å²) in [6, 6.07) is 20.3. The molecule has 2 aromatic carbocycles. The van der Waals surface area contributed by atoms with Gasteiger partial charge < -0.3 is 4.43 Å². The highest BCUT2D eigenvalue weighted by Gasteiger charge is 2.46. The van der Waals surface area contributed by atoms with Crippen molar-refractivity contribution in [3.63, 3.8) is 0 Å². The lowest BCUT2D eigenvalue weighted by Gasteiger charge is -2.41. The number of hydrogen-bond donors (Lipinski definition) is 0. The lowest BCUT2D eigenvalue weighted by Crippen LogP contribution is -2.56. The van der Waals surface area contributed by atoms with E-state index >= 15 is 0 Å². The SMILES string of the molecule is CCCC[C@@](O[Si](C)(C)c1ccccc1)(C(=O)c1ccccc1)/C(C)=C/C1CCCCC1. The van der Waals surface area contributed by atoms with Crippen LogP contribution in [0.2, 0.25) is 13.1 Å². The van der Waals surface area contributed by atoms with Crippen LogP contribution < -0.4 is 5.19 Å². The summed E-state index contributed by atoms with van der Waals surface area (Å²) in [4.78, 5) is 14.2. The van der Waals surface area contributed by atoms with Gasteiger partial charge in [-0.2, -0.15) is 0 Å². The second-order valence-corrected chi connectivity index (χ2v) is 13.7. The van der Waals surface area contributed by atoms with Gasteiger partial charge in [0.05, 0.1) is 0 Å². The predicted octanol–water partition coefficient (Wildman–Crippen LogP) is 7.45. The number of ketones is 1. The van der Waals surface area contributed by atoms with Gasteiger partial charge in [0, 0.05) is 5.56 Å². The van der Waals surface area contributed by atoms with Crippen molar-refractivity contribution >= 4 is 19.3 Å². The summed E-state index contributed by atoms with van der Waals surface area (Å²) in [5.41, 5.74) is 0.960. The molecule has 1 aliphatic carbocycles. The molecule has 1 atom stereocenters. The number of Topliss-reactive ketones (excluding diaryl/α,β-unsaturated/α-hetero) is 1. The Hall–Kier alpha value is -1.97. The Morgan fingerprint density at radius 3 is 2.19 bits per heavy atom. The maximum absolute atomic E-state index is 14.2. The first kappa shape index (κ1) is 24.7. The maximum Gasteiger partial charge on any atom is 0.220 e. The normalized spacial score (nSPS) is 17.7. The van der Waals surface area contributed by atoms with Gasteiger partial charge in [0.2, 0.25) is 8.32 Å². The molecule has 0 unspecified atom stereocenters. The van der Waals surface area contributed by atoms with Crippen molar-refractivity contribution in [3.05, 3.63) is 77.9 Å². The zero-order valence-electron chi connectivity index (χ0n) is 20.4. The first-order valence-electron chi connectivity index (χ1n) is 12.4. The highest BCUT2D eigenvalue weighted by Crippen LogP contribution is 2.37. The third kappa shape index (κ3) is 5.88. The van der Waals surface area contributed by atoms with Gasteiger partial charge in [-0.15, -0.1) is 0 Å². The van der Waals surface area contributed by atoms with Crippen LogP contribution in [-0.2, 0) is 4.43 Å². The van der Waals surface area contributed by atoms with Crippen LogP contribution in [0.3, 0.4) is 0 Å². The molecule has 1 aliphatic rings. The average Bonchev–Trinajstić information content (AvgIpc) is 2.83. The molecule has 0 saturated heterocycles. The Morgan fingerprint density at radius 2 is 1.59 bits per heavy atom. The molecule has 3 rings (SSSR count). The highest BCUT2D eigenvalue weighted by molar-refractivity contribution is 6.84. The molecule has 0 spiro atoms. The minimum Gasteiger partial charge on any atom is -0.397 e. The molecule has 2 nitrogen and oxygen atoms in total. The minimum absolute atomic E-state index is 0.118. The van der Waals surface area contributed by atoms with Crippen molar-refractivity contribution in [3.8, 4) is 0 Å². The molecule has 3 heteroatoms. The van der Waals surface area contributed by atoms with E-state index in [1.165, 1.54) is 37.3 Å². The maximum atomic E-state index is 14.2. The molecule has 0 aromatic heterocycles. The van der Waals surface area contributed by atoms with Gasteiger partial charge in [0.1, 0.15) is 5.60 Å². The summed E-state index contributed by atoms with van der Waals surface area (Å²) >= 11 is 0. The van der Waals surface area contributed by atoms with Crippen LogP contribution in [0.25, 0.3) is 0 Å².